The first-order valence-electron chi connectivity index (χ1n) is 9.23. The van der Waals surface area contributed by atoms with Crippen LogP contribution < -0.4 is 5.32 Å². The van der Waals surface area contributed by atoms with Gasteiger partial charge in [-0.3, -0.25) is 14.5 Å². The summed E-state index contributed by atoms with van der Waals surface area (Å²) in [6, 6.07) is -0.753. The molecule has 6 nitrogen and oxygen atoms in total. The fourth-order valence-corrected chi connectivity index (χ4v) is 4.79. The fourth-order valence-electron chi connectivity index (χ4n) is 4.79. The zero-order chi connectivity index (χ0) is 20.2. The van der Waals surface area contributed by atoms with Crippen molar-refractivity contribution in [2.24, 2.45) is 17.3 Å². The minimum atomic E-state index is -4.65. The number of amides is 3. The number of nitrogens with one attached hydrogen (secondary N) is 1. The van der Waals surface area contributed by atoms with Crippen molar-refractivity contribution in [3.05, 3.63) is 0 Å². The molecule has 1 spiro atoms. The van der Waals surface area contributed by atoms with E-state index in [4.69, 9.17) is 0 Å². The van der Waals surface area contributed by atoms with E-state index in [0.29, 0.717) is 30.6 Å². The summed E-state index contributed by atoms with van der Waals surface area (Å²) in [5.41, 5.74) is -1.27. The average molecular weight is 390 g/mol. The van der Waals surface area contributed by atoms with Crippen LogP contribution in [0.3, 0.4) is 0 Å². The van der Waals surface area contributed by atoms with Crippen LogP contribution in [0.5, 0.6) is 0 Å². The number of nitrogens with zero attached hydrogens (tertiary/aromatic N) is 1. The molecule has 9 heteroatoms. The molecule has 3 atom stereocenters. The van der Waals surface area contributed by atoms with E-state index >= 15 is 0 Å². The number of rotatable bonds is 4. The third kappa shape index (κ3) is 4.06. The minimum Gasteiger partial charge on any atom is -0.451 e. The van der Waals surface area contributed by atoms with E-state index in [1.54, 1.807) is 0 Å². The lowest BCUT2D eigenvalue weighted by Crippen LogP contribution is -2.54. The summed E-state index contributed by atoms with van der Waals surface area (Å²) in [4.78, 5) is 37.9. The van der Waals surface area contributed by atoms with Crippen molar-refractivity contribution in [1.29, 1.82) is 0 Å². The van der Waals surface area contributed by atoms with Crippen LogP contribution in [-0.2, 0) is 14.3 Å². The van der Waals surface area contributed by atoms with Gasteiger partial charge in [0.2, 0.25) is 0 Å². The third-order valence-electron chi connectivity index (χ3n) is 5.54. The van der Waals surface area contributed by atoms with E-state index in [1.165, 1.54) is 0 Å². The SMILES string of the molecule is C[C@@H]1CC(C)(C)C[C@]2(C1)NC(=O)N(CC(=O)O[C@H](C1CC1)C(F)(F)F)C2=O. The largest absolute Gasteiger partial charge is 0.451 e. The van der Waals surface area contributed by atoms with E-state index in [2.05, 4.69) is 10.1 Å². The number of carbonyl (C=O) groups excluding carboxylic acids is 3. The van der Waals surface area contributed by atoms with Crippen LogP contribution in [0.15, 0.2) is 0 Å². The van der Waals surface area contributed by atoms with Gasteiger partial charge in [0, 0.05) is 5.92 Å². The second-order valence-corrected chi connectivity index (χ2v) is 9.05. The van der Waals surface area contributed by atoms with Gasteiger partial charge in [-0.25, -0.2) is 4.79 Å². The Morgan fingerprint density at radius 1 is 1.30 bits per heavy atom. The van der Waals surface area contributed by atoms with Crippen LogP contribution in [0.1, 0.15) is 52.9 Å². The Labute approximate surface area is 155 Å². The number of hydrogen-bond donors (Lipinski definition) is 1. The molecule has 152 valence electrons. The van der Waals surface area contributed by atoms with E-state index in [0.717, 1.165) is 6.42 Å². The Hall–Kier alpha value is -1.80. The van der Waals surface area contributed by atoms with E-state index in [-0.39, 0.29) is 11.3 Å². The van der Waals surface area contributed by atoms with E-state index in [1.807, 2.05) is 20.8 Å². The molecule has 0 aromatic heterocycles. The van der Waals surface area contributed by atoms with Gasteiger partial charge >= 0.3 is 18.2 Å². The molecular formula is C18H25F3N2O4. The predicted octanol–water partition coefficient (Wildman–Crippen LogP) is 3.01. The molecule has 0 aromatic rings. The maximum absolute atomic E-state index is 13.0. The summed E-state index contributed by atoms with van der Waals surface area (Å²) in [7, 11) is 0. The van der Waals surface area contributed by atoms with Gasteiger partial charge in [-0.05, 0) is 43.4 Å². The molecule has 1 saturated heterocycles. The van der Waals surface area contributed by atoms with Crippen molar-refractivity contribution in [2.45, 2.75) is 70.7 Å². The maximum atomic E-state index is 13.0. The van der Waals surface area contributed by atoms with Crippen molar-refractivity contribution < 1.29 is 32.3 Å². The molecule has 0 unspecified atom stereocenters. The normalized spacial score (nSPS) is 31.8. The summed E-state index contributed by atoms with van der Waals surface area (Å²) in [6.45, 7) is 5.19. The lowest BCUT2D eigenvalue weighted by atomic mass is 9.64. The Morgan fingerprint density at radius 3 is 2.44 bits per heavy atom. The van der Waals surface area contributed by atoms with Crippen LogP contribution in [0, 0.1) is 17.3 Å². The van der Waals surface area contributed by atoms with E-state index in [9.17, 15) is 27.6 Å². The lowest BCUT2D eigenvalue weighted by molar-refractivity contribution is -0.226. The van der Waals surface area contributed by atoms with Crippen molar-refractivity contribution >= 4 is 17.9 Å². The first-order valence-corrected chi connectivity index (χ1v) is 9.23. The predicted molar refractivity (Wildman–Crippen MR) is 88.4 cm³/mol. The van der Waals surface area contributed by atoms with Gasteiger partial charge in [-0.15, -0.1) is 0 Å². The number of carbonyl (C=O) groups is 3. The first kappa shape index (κ1) is 19.9. The van der Waals surface area contributed by atoms with Crippen LogP contribution in [0.2, 0.25) is 0 Å². The highest BCUT2D eigenvalue weighted by Crippen LogP contribution is 2.46. The van der Waals surface area contributed by atoms with Gasteiger partial charge < -0.3 is 10.1 Å². The highest BCUT2D eigenvalue weighted by atomic mass is 19.4. The minimum absolute atomic E-state index is 0.176. The third-order valence-corrected chi connectivity index (χ3v) is 5.54. The first-order chi connectivity index (χ1) is 12.3. The quantitative estimate of drug-likeness (QED) is 0.591. The van der Waals surface area contributed by atoms with Crippen molar-refractivity contribution in [3.63, 3.8) is 0 Å². The molecule has 3 rings (SSSR count). The van der Waals surface area contributed by atoms with Gasteiger partial charge in [0.15, 0.2) is 6.10 Å². The average Bonchev–Trinajstić information content (AvgIpc) is 3.27. The number of hydrogen-bond acceptors (Lipinski definition) is 4. The molecule has 1 aliphatic heterocycles. The summed E-state index contributed by atoms with van der Waals surface area (Å²) < 4.78 is 43.6. The van der Waals surface area contributed by atoms with Crippen molar-refractivity contribution in [1.82, 2.24) is 10.2 Å². The zero-order valence-electron chi connectivity index (χ0n) is 15.7. The smallest absolute Gasteiger partial charge is 0.425 e. The number of imide groups is 1. The van der Waals surface area contributed by atoms with Gasteiger partial charge in [0.1, 0.15) is 12.1 Å². The Kier molecular flexibility index (Phi) is 4.71. The monoisotopic (exact) mass is 390 g/mol. The van der Waals surface area contributed by atoms with Gasteiger partial charge in [0.05, 0.1) is 0 Å². The number of urea groups is 1. The van der Waals surface area contributed by atoms with Crippen LogP contribution >= 0.6 is 0 Å². The molecular weight excluding hydrogens is 365 g/mol. The van der Waals surface area contributed by atoms with Gasteiger partial charge in [-0.2, -0.15) is 13.2 Å². The Morgan fingerprint density at radius 2 is 1.93 bits per heavy atom. The Balaban J connectivity index is 1.69. The second kappa shape index (κ2) is 6.38. The number of halogens is 3. The molecule has 3 aliphatic rings. The lowest BCUT2D eigenvalue weighted by Gasteiger charge is -2.43. The summed E-state index contributed by atoms with van der Waals surface area (Å²) in [5, 5.41) is 2.69. The van der Waals surface area contributed by atoms with E-state index < -0.39 is 48.2 Å². The summed E-state index contributed by atoms with van der Waals surface area (Å²) in [5.74, 6) is -2.32. The second-order valence-electron chi connectivity index (χ2n) is 9.05. The zero-order valence-corrected chi connectivity index (χ0v) is 15.7. The molecule has 2 aliphatic carbocycles. The molecule has 0 aromatic carbocycles. The molecule has 0 radical (unpaired) electrons. The topological polar surface area (TPSA) is 75.7 Å². The van der Waals surface area contributed by atoms with Crippen molar-refractivity contribution in [2.75, 3.05) is 6.54 Å². The van der Waals surface area contributed by atoms with Gasteiger partial charge in [-0.1, -0.05) is 20.8 Å². The fraction of sp³-hybridized carbons (Fsp3) is 0.833. The van der Waals surface area contributed by atoms with Crippen LogP contribution in [0.25, 0.3) is 0 Å². The maximum Gasteiger partial charge on any atom is 0.425 e. The Bertz CT molecular complexity index is 659. The van der Waals surface area contributed by atoms with Gasteiger partial charge in [0.25, 0.3) is 5.91 Å². The molecule has 2 saturated carbocycles. The van der Waals surface area contributed by atoms with Crippen LogP contribution in [-0.4, -0.2) is 47.2 Å². The number of esters is 1. The number of alkyl halides is 3. The standard InChI is InChI=1S/C18H25F3N2O4/c1-10-6-16(2,3)9-17(7-10)14(25)23(15(26)22-17)8-12(24)27-13(11-4-5-11)18(19,20)21/h10-11,13H,4-9H2,1-3H3,(H,22,26)/t10-,13-,17+/m1/s1. The number of ether oxygens (including phenoxy) is 1. The summed E-state index contributed by atoms with van der Waals surface area (Å²) >= 11 is 0. The highest BCUT2D eigenvalue weighted by molar-refractivity contribution is 6.08. The molecule has 1 N–H and O–H groups in total. The molecule has 0 bridgehead atoms. The molecule has 27 heavy (non-hydrogen) atoms. The molecule has 3 fully saturated rings. The van der Waals surface area contributed by atoms with Crippen LogP contribution in [0.4, 0.5) is 18.0 Å². The van der Waals surface area contributed by atoms with Crippen molar-refractivity contribution in [3.8, 4) is 0 Å². The highest BCUT2D eigenvalue weighted by Gasteiger charge is 2.57. The summed E-state index contributed by atoms with van der Waals surface area (Å²) in [6.07, 6.45) is -4.37. The molecule has 1 heterocycles. The molecule has 3 amide bonds.